The lowest BCUT2D eigenvalue weighted by atomic mass is 10.1. The van der Waals surface area contributed by atoms with Crippen molar-refractivity contribution in [1.29, 1.82) is 0 Å². The van der Waals surface area contributed by atoms with Gasteiger partial charge in [-0.25, -0.2) is 4.68 Å². The lowest BCUT2D eigenvalue weighted by Crippen LogP contribution is -2.35. The van der Waals surface area contributed by atoms with Gasteiger partial charge in [0, 0.05) is 11.6 Å². The number of phenols is 1. The van der Waals surface area contributed by atoms with E-state index in [2.05, 4.69) is 5.43 Å². The topological polar surface area (TPSA) is 188 Å². The summed E-state index contributed by atoms with van der Waals surface area (Å²) in [7, 11) is -8.33. The van der Waals surface area contributed by atoms with Gasteiger partial charge in [-0.05, 0) is 30.3 Å². The fraction of sp³-hybridized carbons (Fsp3) is 0.235. The first-order valence-corrected chi connectivity index (χ1v) is 13.0. The molecule has 0 fully saturated rings. The maximum Gasteiger partial charge on any atom is 0.343 e. The molecule has 0 saturated heterocycles. The Hall–Kier alpha value is -2.37. The van der Waals surface area contributed by atoms with Crippen molar-refractivity contribution in [2.24, 2.45) is 0 Å². The molecule has 2 aromatic carbocycles. The summed E-state index contributed by atoms with van der Waals surface area (Å²) in [6, 6.07) is 6.38. The third kappa shape index (κ3) is 4.84. The Kier molecular flexibility index (Phi) is 6.73. The molecule has 1 unspecified atom stereocenters. The summed E-state index contributed by atoms with van der Waals surface area (Å²) in [5, 5.41) is 7.24. The van der Waals surface area contributed by atoms with Crippen molar-refractivity contribution < 1.29 is 43.3 Å². The minimum absolute atomic E-state index is 0.0330. The second-order valence-electron chi connectivity index (χ2n) is 6.66. The molecule has 0 radical (unpaired) electrons. The van der Waals surface area contributed by atoms with E-state index in [1.165, 1.54) is 50.6 Å². The number of phenolic OH excluding ortho intramolecular Hbond substituents is 1. The Morgan fingerprint density at radius 2 is 1.66 bits per heavy atom. The molecule has 1 heterocycles. The van der Waals surface area contributed by atoms with Crippen LogP contribution in [0.15, 0.2) is 41.2 Å². The van der Waals surface area contributed by atoms with E-state index < -0.39 is 31.5 Å². The number of ether oxygens (including phenoxy) is 2. The van der Waals surface area contributed by atoms with Crippen molar-refractivity contribution in [1.82, 2.24) is 4.68 Å². The minimum atomic E-state index is -5.46. The Balaban J connectivity index is 2.31. The summed E-state index contributed by atoms with van der Waals surface area (Å²) in [5.41, 5.74) is 2.60. The summed E-state index contributed by atoms with van der Waals surface area (Å²) < 4.78 is 36.1. The molecule has 1 aromatic heterocycles. The van der Waals surface area contributed by atoms with Gasteiger partial charge >= 0.3 is 20.1 Å². The van der Waals surface area contributed by atoms with Crippen LogP contribution in [0.1, 0.15) is 11.6 Å². The van der Waals surface area contributed by atoms with Crippen molar-refractivity contribution in [2.45, 2.75) is 11.4 Å². The molecule has 0 aliphatic rings. The summed E-state index contributed by atoms with van der Waals surface area (Å²) in [6.45, 7) is 0. The molecule has 12 nitrogen and oxygen atoms in total. The lowest BCUT2D eigenvalue weighted by Gasteiger charge is -2.31. The van der Waals surface area contributed by atoms with Crippen LogP contribution in [-0.2, 0) is 9.13 Å². The molecule has 0 aliphatic heterocycles. The van der Waals surface area contributed by atoms with Gasteiger partial charge in [-0.15, -0.1) is 0 Å². The maximum absolute atomic E-state index is 12.6. The predicted octanol–water partition coefficient (Wildman–Crippen LogP) is 1.75. The molecule has 6 N–H and O–H groups in total. The number of benzene rings is 2. The number of hydrogen-bond acceptors (Lipinski definition) is 8. The average molecular weight is 506 g/mol. The Bertz CT molecular complexity index is 1270. The maximum atomic E-state index is 12.6. The van der Waals surface area contributed by atoms with Crippen LogP contribution in [0.5, 0.6) is 17.2 Å². The van der Waals surface area contributed by atoms with Crippen LogP contribution in [0, 0.1) is 0 Å². The zero-order chi connectivity index (χ0) is 23.8. The van der Waals surface area contributed by atoms with Crippen molar-refractivity contribution in [2.75, 3.05) is 19.6 Å². The zero-order valence-electron chi connectivity index (χ0n) is 16.6. The number of hydrogen-bond donors (Lipinski definition) is 6. The van der Waals surface area contributed by atoms with E-state index in [1.807, 2.05) is 0 Å². The lowest BCUT2D eigenvalue weighted by molar-refractivity contribution is 0.328. The molecular formula is C17H20N2O10P2S. The molecular weight excluding hydrogens is 486 g/mol. The number of rotatable bonds is 8. The predicted molar refractivity (Wildman–Crippen MR) is 117 cm³/mol. The highest BCUT2D eigenvalue weighted by molar-refractivity contribution is 7.71. The van der Waals surface area contributed by atoms with Crippen LogP contribution in [0.3, 0.4) is 0 Å². The van der Waals surface area contributed by atoms with Crippen LogP contribution in [-0.4, -0.2) is 49.0 Å². The third-order valence-electron chi connectivity index (χ3n) is 4.59. The first-order chi connectivity index (χ1) is 14.9. The fourth-order valence-electron chi connectivity index (χ4n) is 3.23. The molecule has 174 valence electrons. The number of thiazole rings is 1. The second-order valence-corrected chi connectivity index (χ2v) is 11.5. The van der Waals surface area contributed by atoms with Crippen LogP contribution in [0.2, 0.25) is 0 Å². The van der Waals surface area contributed by atoms with Crippen LogP contribution < -0.4 is 19.8 Å². The van der Waals surface area contributed by atoms with Crippen molar-refractivity contribution in [3.05, 3.63) is 51.6 Å². The molecule has 32 heavy (non-hydrogen) atoms. The molecule has 0 aliphatic carbocycles. The van der Waals surface area contributed by atoms with E-state index in [0.717, 1.165) is 16.0 Å². The number of aromatic nitrogens is 1. The van der Waals surface area contributed by atoms with Gasteiger partial charge in [-0.3, -0.25) is 13.9 Å². The number of fused-ring (bicyclic) bond motifs is 1. The highest BCUT2D eigenvalue weighted by Crippen LogP contribution is 2.65. The van der Waals surface area contributed by atoms with E-state index in [4.69, 9.17) is 9.47 Å². The smallest absolute Gasteiger partial charge is 0.343 e. The van der Waals surface area contributed by atoms with Crippen molar-refractivity contribution in [3.8, 4) is 17.2 Å². The highest BCUT2D eigenvalue weighted by atomic mass is 32.1. The van der Waals surface area contributed by atoms with E-state index in [0.29, 0.717) is 4.70 Å². The monoisotopic (exact) mass is 506 g/mol. The highest BCUT2D eigenvalue weighted by Gasteiger charge is 2.51. The molecule has 0 saturated carbocycles. The van der Waals surface area contributed by atoms with Gasteiger partial charge in [0.25, 0.3) is 0 Å². The molecule has 3 aromatic rings. The minimum Gasteiger partial charge on any atom is -0.508 e. The van der Waals surface area contributed by atoms with Crippen LogP contribution >= 0.6 is 26.5 Å². The Labute approximate surface area is 185 Å². The van der Waals surface area contributed by atoms with Gasteiger partial charge in [-0.2, -0.15) is 0 Å². The fourth-order valence-corrected chi connectivity index (χ4v) is 6.85. The second kappa shape index (κ2) is 8.87. The average Bonchev–Trinajstić information content (AvgIpc) is 2.99. The first kappa shape index (κ1) is 24.3. The van der Waals surface area contributed by atoms with Gasteiger partial charge in [0.05, 0.1) is 30.5 Å². The van der Waals surface area contributed by atoms with Gasteiger partial charge in [0.1, 0.15) is 17.2 Å². The number of methoxy groups -OCH3 is 2. The molecule has 3 rings (SSSR count). The first-order valence-electron chi connectivity index (χ1n) is 8.80. The van der Waals surface area contributed by atoms with E-state index in [1.54, 1.807) is 0 Å². The summed E-state index contributed by atoms with van der Waals surface area (Å²) >= 11 is 0.759. The SMILES string of the molecule is COc1ccc(OC)c(C(Nn2c(=O)sc3ccc(O)cc32)C(P(=O)(O)O)P(=O)(O)O)c1. The summed E-state index contributed by atoms with van der Waals surface area (Å²) in [6.07, 6.45) is 0. The van der Waals surface area contributed by atoms with Gasteiger partial charge in [0.15, 0.2) is 5.40 Å². The van der Waals surface area contributed by atoms with Crippen LogP contribution in [0.25, 0.3) is 10.2 Å². The quantitative estimate of drug-likeness (QED) is 0.244. The van der Waals surface area contributed by atoms with E-state index >= 15 is 0 Å². The third-order valence-corrected chi connectivity index (χ3v) is 9.29. The number of nitrogens with one attached hydrogen (secondary N) is 1. The molecule has 0 amide bonds. The summed E-state index contributed by atoms with van der Waals surface area (Å²) in [5.74, 6) is 0.0523. The Morgan fingerprint density at radius 3 is 2.22 bits per heavy atom. The normalized spacial score (nSPS) is 13.3. The standard InChI is InChI=1S/C17H20N2O10P2S/c1-28-10-4-5-13(29-2)11(8-10)15(16(30(22,23)24)31(25,26)27)18-19-12-7-9(20)3-6-14(12)32-17(19)21/h3-8,15-16,18,20H,1-2H3,(H2,22,23,24)(H2,25,26,27). The van der Waals surface area contributed by atoms with Gasteiger partial charge < -0.3 is 39.6 Å². The van der Waals surface area contributed by atoms with Crippen molar-refractivity contribution >= 4 is 36.7 Å². The molecule has 1 atom stereocenters. The molecule has 15 heteroatoms. The van der Waals surface area contributed by atoms with Crippen LogP contribution in [0.4, 0.5) is 0 Å². The largest absolute Gasteiger partial charge is 0.508 e. The van der Waals surface area contributed by atoms with Gasteiger partial charge in [0.2, 0.25) is 0 Å². The zero-order valence-corrected chi connectivity index (χ0v) is 19.3. The number of nitrogens with zero attached hydrogens (tertiary/aromatic N) is 1. The molecule has 0 spiro atoms. The number of aromatic hydroxyl groups is 1. The summed E-state index contributed by atoms with van der Waals surface area (Å²) in [4.78, 5) is 51.5. The van der Waals surface area contributed by atoms with Gasteiger partial charge in [-0.1, -0.05) is 11.3 Å². The van der Waals surface area contributed by atoms with E-state index in [-0.39, 0.29) is 28.3 Å². The van der Waals surface area contributed by atoms with E-state index in [9.17, 15) is 38.6 Å². The Morgan fingerprint density at radius 1 is 1.00 bits per heavy atom. The van der Waals surface area contributed by atoms with Crippen molar-refractivity contribution in [3.63, 3.8) is 0 Å². The molecule has 0 bridgehead atoms.